The first-order valence-electron chi connectivity index (χ1n) is 7.56. The highest BCUT2D eigenvalue weighted by Gasteiger charge is 2.27. The van der Waals surface area contributed by atoms with Crippen molar-refractivity contribution in [2.75, 3.05) is 12.3 Å². The van der Waals surface area contributed by atoms with Crippen LogP contribution in [0.2, 0.25) is 0 Å². The molecule has 0 aliphatic heterocycles. The van der Waals surface area contributed by atoms with E-state index in [2.05, 4.69) is 39.2 Å². The molecule has 1 aliphatic carbocycles. The van der Waals surface area contributed by atoms with Crippen molar-refractivity contribution in [3.8, 4) is 0 Å². The Bertz CT molecular complexity index is 843. The normalized spacial score (nSPS) is 19.8. The van der Waals surface area contributed by atoms with Crippen LogP contribution in [0.15, 0.2) is 55.1 Å². The van der Waals surface area contributed by atoms with Crippen molar-refractivity contribution in [3.63, 3.8) is 0 Å². The van der Waals surface area contributed by atoms with Crippen molar-refractivity contribution in [2.45, 2.75) is 12.6 Å². The van der Waals surface area contributed by atoms with Gasteiger partial charge >= 0.3 is 0 Å². The van der Waals surface area contributed by atoms with E-state index in [1.54, 1.807) is 6.33 Å². The highest BCUT2D eigenvalue weighted by molar-refractivity contribution is 5.81. The lowest BCUT2D eigenvalue weighted by molar-refractivity contribution is 0.0837. The van der Waals surface area contributed by atoms with Gasteiger partial charge in [0.2, 0.25) is 0 Å². The number of ether oxygens (including phenoxy) is 1. The summed E-state index contributed by atoms with van der Waals surface area (Å²) in [6, 6.07) is 10.4. The zero-order valence-corrected chi connectivity index (χ0v) is 12.5. The second kappa shape index (κ2) is 5.81. The zero-order valence-electron chi connectivity index (χ0n) is 12.5. The molecule has 2 atom stereocenters. The monoisotopic (exact) mass is 307 g/mol. The summed E-state index contributed by atoms with van der Waals surface area (Å²) in [6.45, 7) is 1.29. The van der Waals surface area contributed by atoms with Crippen LogP contribution in [0.5, 0.6) is 0 Å². The fraction of sp³-hybridized carbons (Fsp3) is 0.235. The smallest absolute Gasteiger partial charge is 0.165 e. The Hall–Kier alpha value is -2.73. The number of allylic oxidation sites excluding steroid dienone is 1. The summed E-state index contributed by atoms with van der Waals surface area (Å²) >= 11 is 0. The predicted molar refractivity (Wildman–Crippen MR) is 87.5 cm³/mol. The SMILES string of the molecule is Nc1ncnc2c1ncn2[C@H]1C=C[C@H]1COCc1ccccc1. The molecule has 6 nitrogen and oxygen atoms in total. The van der Waals surface area contributed by atoms with Crippen LogP contribution in [-0.2, 0) is 11.3 Å². The van der Waals surface area contributed by atoms with Gasteiger partial charge in [0.1, 0.15) is 11.8 Å². The molecule has 0 fully saturated rings. The standard InChI is InChI=1S/C17H17N5O/c18-16-15-17(20-10-19-16)22(11-21-15)14-7-6-13(14)9-23-8-12-4-2-1-3-5-12/h1-7,10-11,13-14H,8-9H2,(H2,18,19,20)/t13-,14-/m0/s1. The van der Waals surface area contributed by atoms with Crippen molar-refractivity contribution in [2.24, 2.45) is 5.92 Å². The molecule has 0 bridgehead atoms. The number of fused-ring (bicyclic) bond motifs is 1. The maximum Gasteiger partial charge on any atom is 0.165 e. The summed E-state index contributed by atoms with van der Waals surface area (Å²) in [4.78, 5) is 12.6. The predicted octanol–water partition coefficient (Wildman–Crippen LogP) is 2.35. The Balaban J connectivity index is 1.44. The molecule has 23 heavy (non-hydrogen) atoms. The van der Waals surface area contributed by atoms with Gasteiger partial charge in [0, 0.05) is 5.92 Å². The average molecular weight is 307 g/mol. The summed E-state index contributed by atoms with van der Waals surface area (Å²) < 4.78 is 7.88. The number of nitrogens with two attached hydrogens (primary N) is 1. The van der Waals surface area contributed by atoms with Gasteiger partial charge in [0.05, 0.1) is 25.6 Å². The van der Waals surface area contributed by atoms with Gasteiger partial charge in [-0.2, -0.15) is 0 Å². The maximum atomic E-state index is 5.85. The van der Waals surface area contributed by atoms with E-state index < -0.39 is 0 Å². The van der Waals surface area contributed by atoms with Crippen molar-refractivity contribution in [1.29, 1.82) is 0 Å². The molecule has 1 aromatic carbocycles. The maximum absolute atomic E-state index is 5.85. The van der Waals surface area contributed by atoms with Crippen LogP contribution in [0, 0.1) is 5.92 Å². The highest BCUT2D eigenvalue weighted by Crippen LogP contribution is 2.33. The lowest BCUT2D eigenvalue weighted by Gasteiger charge is -2.30. The summed E-state index contributed by atoms with van der Waals surface area (Å²) in [6.07, 6.45) is 7.54. The Kier molecular flexibility index (Phi) is 3.51. The molecule has 2 aromatic heterocycles. The van der Waals surface area contributed by atoms with Crippen LogP contribution in [0.3, 0.4) is 0 Å². The van der Waals surface area contributed by atoms with Crippen LogP contribution >= 0.6 is 0 Å². The molecule has 4 rings (SSSR count). The van der Waals surface area contributed by atoms with E-state index >= 15 is 0 Å². The van der Waals surface area contributed by atoms with E-state index in [1.807, 2.05) is 22.8 Å². The number of aromatic nitrogens is 4. The molecular formula is C17H17N5O. The molecule has 2 N–H and O–H groups in total. The first-order valence-corrected chi connectivity index (χ1v) is 7.56. The number of benzene rings is 1. The molecule has 0 radical (unpaired) electrons. The number of anilines is 1. The first kappa shape index (κ1) is 13.9. The van der Waals surface area contributed by atoms with Gasteiger partial charge in [-0.05, 0) is 5.56 Å². The number of imidazole rings is 1. The van der Waals surface area contributed by atoms with Gasteiger partial charge in [-0.3, -0.25) is 0 Å². The van der Waals surface area contributed by atoms with E-state index in [0.29, 0.717) is 30.5 Å². The van der Waals surface area contributed by atoms with Gasteiger partial charge < -0.3 is 15.0 Å². The summed E-state index contributed by atoms with van der Waals surface area (Å²) in [5, 5.41) is 0. The molecule has 0 spiro atoms. The summed E-state index contributed by atoms with van der Waals surface area (Å²) in [5.41, 5.74) is 8.43. The average Bonchev–Trinajstić information content (AvgIpc) is 2.97. The van der Waals surface area contributed by atoms with Crippen LogP contribution in [-0.4, -0.2) is 26.1 Å². The fourth-order valence-corrected chi connectivity index (χ4v) is 2.80. The van der Waals surface area contributed by atoms with E-state index in [9.17, 15) is 0 Å². The van der Waals surface area contributed by atoms with Crippen LogP contribution in [0.1, 0.15) is 11.6 Å². The van der Waals surface area contributed by atoms with E-state index in [1.165, 1.54) is 11.9 Å². The molecule has 0 saturated carbocycles. The molecular weight excluding hydrogens is 290 g/mol. The quantitative estimate of drug-likeness (QED) is 0.732. The van der Waals surface area contributed by atoms with Crippen molar-refractivity contribution >= 4 is 17.0 Å². The molecule has 3 aromatic rings. The van der Waals surface area contributed by atoms with Gasteiger partial charge in [-0.1, -0.05) is 42.5 Å². The Morgan fingerprint density at radius 1 is 1.09 bits per heavy atom. The lowest BCUT2D eigenvalue weighted by atomic mass is 9.89. The summed E-state index contributed by atoms with van der Waals surface area (Å²) in [7, 11) is 0. The van der Waals surface area contributed by atoms with Crippen LogP contribution in [0.25, 0.3) is 11.2 Å². The van der Waals surface area contributed by atoms with Crippen LogP contribution in [0.4, 0.5) is 5.82 Å². The van der Waals surface area contributed by atoms with Crippen molar-refractivity contribution in [1.82, 2.24) is 19.5 Å². The van der Waals surface area contributed by atoms with Crippen LogP contribution < -0.4 is 5.73 Å². The van der Waals surface area contributed by atoms with Gasteiger partial charge in [-0.15, -0.1) is 0 Å². The minimum absolute atomic E-state index is 0.199. The molecule has 6 heteroatoms. The first-order chi connectivity index (χ1) is 11.3. The zero-order chi connectivity index (χ0) is 15.6. The Morgan fingerprint density at radius 3 is 2.74 bits per heavy atom. The Morgan fingerprint density at radius 2 is 1.96 bits per heavy atom. The van der Waals surface area contributed by atoms with Gasteiger partial charge in [0.25, 0.3) is 0 Å². The highest BCUT2D eigenvalue weighted by atomic mass is 16.5. The largest absolute Gasteiger partial charge is 0.382 e. The second-order valence-corrected chi connectivity index (χ2v) is 5.62. The molecule has 0 amide bonds. The number of nitrogen functional groups attached to an aromatic ring is 1. The van der Waals surface area contributed by atoms with E-state index in [-0.39, 0.29) is 6.04 Å². The fourth-order valence-electron chi connectivity index (χ4n) is 2.80. The molecule has 0 saturated heterocycles. The third-order valence-electron chi connectivity index (χ3n) is 4.12. The third-order valence-corrected chi connectivity index (χ3v) is 4.12. The third kappa shape index (κ3) is 2.57. The second-order valence-electron chi connectivity index (χ2n) is 5.62. The minimum atomic E-state index is 0.199. The molecule has 1 aliphatic rings. The topological polar surface area (TPSA) is 78.9 Å². The summed E-state index contributed by atoms with van der Waals surface area (Å²) in [5.74, 6) is 0.723. The van der Waals surface area contributed by atoms with Gasteiger partial charge in [-0.25, -0.2) is 15.0 Å². The minimum Gasteiger partial charge on any atom is -0.382 e. The molecule has 116 valence electrons. The van der Waals surface area contributed by atoms with E-state index in [4.69, 9.17) is 10.5 Å². The van der Waals surface area contributed by atoms with Crippen molar-refractivity contribution in [3.05, 3.63) is 60.7 Å². The number of nitrogens with zero attached hydrogens (tertiary/aromatic N) is 4. The van der Waals surface area contributed by atoms with Gasteiger partial charge in [0.15, 0.2) is 11.5 Å². The Labute approximate surface area is 133 Å². The van der Waals surface area contributed by atoms with E-state index in [0.717, 1.165) is 5.65 Å². The molecule has 0 unspecified atom stereocenters. The molecule has 2 heterocycles. The lowest BCUT2D eigenvalue weighted by Crippen LogP contribution is -2.26. The number of rotatable bonds is 5. The number of hydrogen-bond donors (Lipinski definition) is 1. The van der Waals surface area contributed by atoms with Crippen molar-refractivity contribution < 1.29 is 4.74 Å². The number of hydrogen-bond acceptors (Lipinski definition) is 5.